The molecular formula is C32H30F2N4O9. The van der Waals surface area contributed by atoms with Crippen molar-refractivity contribution < 1.29 is 52.3 Å². The molecule has 0 bridgehead atoms. The second-order valence-electron chi connectivity index (χ2n) is 10.1. The molecule has 0 spiro atoms. The molecule has 4 rings (SSSR count). The molecule has 1 unspecified atom stereocenters. The van der Waals surface area contributed by atoms with E-state index in [9.17, 15) is 19.8 Å². The van der Waals surface area contributed by atoms with Gasteiger partial charge in [-0.2, -0.15) is 13.8 Å². The highest BCUT2D eigenvalue weighted by molar-refractivity contribution is 5.95. The van der Waals surface area contributed by atoms with Crippen molar-refractivity contribution in [1.29, 1.82) is 5.41 Å². The third-order valence-corrected chi connectivity index (χ3v) is 6.33. The van der Waals surface area contributed by atoms with E-state index in [1.165, 1.54) is 67.5 Å². The lowest BCUT2D eigenvalue weighted by atomic mass is 10.2. The number of aromatic hydroxyl groups is 1. The monoisotopic (exact) mass is 652 g/mol. The molecule has 4 aromatic rings. The van der Waals surface area contributed by atoms with E-state index in [4.69, 9.17) is 34.8 Å². The van der Waals surface area contributed by atoms with Crippen LogP contribution in [0.25, 0.3) is 0 Å². The molecule has 3 aromatic carbocycles. The number of benzene rings is 3. The van der Waals surface area contributed by atoms with Crippen LogP contribution in [0.15, 0.2) is 60.7 Å². The first-order valence-corrected chi connectivity index (χ1v) is 13.7. The Hall–Kier alpha value is -5.96. The highest BCUT2D eigenvalue weighted by atomic mass is 19.1. The zero-order chi connectivity index (χ0) is 34.4. The molecule has 1 aromatic heterocycles. The third kappa shape index (κ3) is 7.83. The number of ether oxygens (including phenoxy) is 5. The van der Waals surface area contributed by atoms with Crippen molar-refractivity contribution in [3.8, 4) is 46.3 Å². The summed E-state index contributed by atoms with van der Waals surface area (Å²) >= 11 is 0. The van der Waals surface area contributed by atoms with Gasteiger partial charge in [0.25, 0.3) is 17.7 Å². The number of carbonyl (C=O) groups excluding carboxylic acids is 2. The Morgan fingerprint density at radius 1 is 0.915 bits per heavy atom. The maximum atomic E-state index is 16.0. The van der Waals surface area contributed by atoms with Gasteiger partial charge >= 0.3 is 5.97 Å². The molecule has 0 radical (unpaired) electrons. The number of aromatic nitrogens is 1. The summed E-state index contributed by atoms with van der Waals surface area (Å²) < 4.78 is 59.0. The molecule has 1 heterocycles. The van der Waals surface area contributed by atoms with Crippen LogP contribution in [-0.4, -0.2) is 71.7 Å². The maximum Gasteiger partial charge on any atom is 0.338 e. The minimum Gasteiger partial charge on any atom is -0.504 e. The molecule has 0 saturated heterocycles. The molecule has 1 atom stereocenters. The van der Waals surface area contributed by atoms with Crippen LogP contribution in [0.5, 0.6) is 46.3 Å². The largest absolute Gasteiger partial charge is 0.504 e. The van der Waals surface area contributed by atoms with Gasteiger partial charge in [0.05, 0.1) is 19.3 Å². The van der Waals surface area contributed by atoms with E-state index in [2.05, 4.69) is 4.98 Å². The van der Waals surface area contributed by atoms with E-state index in [-0.39, 0.29) is 51.4 Å². The zero-order valence-corrected chi connectivity index (χ0v) is 25.5. The van der Waals surface area contributed by atoms with Crippen LogP contribution in [0.1, 0.15) is 33.2 Å². The first-order valence-electron chi connectivity index (χ1n) is 13.7. The summed E-state index contributed by atoms with van der Waals surface area (Å²) in [6.07, 6.45) is -0.793. The van der Waals surface area contributed by atoms with Crippen LogP contribution in [0, 0.1) is 17.0 Å². The summed E-state index contributed by atoms with van der Waals surface area (Å²) in [5.41, 5.74) is 5.83. The van der Waals surface area contributed by atoms with Crippen molar-refractivity contribution in [1.82, 2.24) is 9.88 Å². The minimum atomic E-state index is -1.47. The maximum absolute atomic E-state index is 16.0. The Morgan fingerprint density at radius 3 is 2.21 bits per heavy atom. The number of rotatable bonds is 12. The number of nitrogens with two attached hydrogens (primary N) is 1. The first-order chi connectivity index (χ1) is 22.3. The molecule has 15 heteroatoms. The zero-order valence-electron chi connectivity index (χ0n) is 25.5. The number of methoxy groups -OCH3 is 1. The number of esters is 1. The minimum absolute atomic E-state index is 0.00815. The molecule has 0 aliphatic carbocycles. The van der Waals surface area contributed by atoms with Gasteiger partial charge < -0.3 is 44.5 Å². The van der Waals surface area contributed by atoms with Crippen molar-refractivity contribution in [3.63, 3.8) is 0 Å². The molecule has 13 nitrogen and oxygen atoms in total. The van der Waals surface area contributed by atoms with Gasteiger partial charge in [0.1, 0.15) is 17.7 Å². The van der Waals surface area contributed by atoms with E-state index >= 15 is 8.78 Å². The fraction of sp³-hybridized carbons (Fsp3) is 0.188. The van der Waals surface area contributed by atoms with Crippen LogP contribution >= 0.6 is 0 Å². The third-order valence-electron chi connectivity index (χ3n) is 6.33. The summed E-state index contributed by atoms with van der Waals surface area (Å²) in [7, 11) is 4.31. The molecule has 5 N–H and O–H groups in total. The first kappa shape index (κ1) is 33.9. The number of pyridine rings is 1. The van der Waals surface area contributed by atoms with Gasteiger partial charge in [0.2, 0.25) is 17.4 Å². The van der Waals surface area contributed by atoms with Crippen LogP contribution < -0.4 is 24.7 Å². The van der Waals surface area contributed by atoms with Gasteiger partial charge in [-0.1, -0.05) is 6.07 Å². The van der Waals surface area contributed by atoms with E-state index in [1.54, 1.807) is 14.1 Å². The van der Waals surface area contributed by atoms with Crippen LogP contribution in [-0.2, 0) is 4.74 Å². The highest BCUT2D eigenvalue weighted by Crippen LogP contribution is 2.43. The fourth-order valence-corrected chi connectivity index (χ4v) is 3.91. The normalized spacial score (nSPS) is 11.3. The van der Waals surface area contributed by atoms with Gasteiger partial charge in [0.15, 0.2) is 23.0 Å². The number of aliphatic hydroxyl groups excluding tert-OH is 1. The Kier molecular flexibility index (Phi) is 10.4. The van der Waals surface area contributed by atoms with E-state index < -0.39 is 53.6 Å². The van der Waals surface area contributed by atoms with Crippen LogP contribution in [0.2, 0.25) is 0 Å². The molecule has 47 heavy (non-hydrogen) atoms. The molecule has 0 fully saturated rings. The molecule has 1 amide bonds. The van der Waals surface area contributed by atoms with Gasteiger partial charge in [-0.05, 0) is 61.5 Å². The summed E-state index contributed by atoms with van der Waals surface area (Å²) in [6.45, 7) is 1.07. The summed E-state index contributed by atoms with van der Waals surface area (Å²) in [6, 6.07) is 12.9. The predicted molar refractivity (Wildman–Crippen MR) is 163 cm³/mol. The van der Waals surface area contributed by atoms with Crippen LogP contribution in [0.3, 0.4) is 0 Å². The van der Waals surface area contributed by atoms with Gasteiger partial charge in [-0.25, -0.2) is 4.79 Å². The number of hydrogen-bond donors (Lipinski definition) is 4. The smallest absolute Gasteiger partial charge is 0.338 e. The lowest BCUT2D eigenvalue weighted by Crippen LogP contribution is -2.21. The quantitative estimate of drug-likeness (QED) is 0.0919. The summed E-state index contributed by atoms with van der Waals surface area (Å²) in [4.78, 5) is 30.1. The lowest BCUT2D eigenvalue weighted by Gasteiger charge is -2.17. The van der Waals surface area contributed by atoms with Crippen molar-refractivity contribution in [2.24, 2.45) is 5.73 Å². The Morgan fingerprint density at radius 2 is 1.57 bits per heavy atom. The van der Waals surface area contributed by atoms with E-state index in [1.807, 2.05) is 0 Å². The number of hydrogen-bond acceptors (Lipinski definition) is 11. The number of halogens is 2. The molecule has 0 saturated carbocycles. The van der Waals surface area contributed by atoms with E-state index in [0.29, 0.717) is 0 Å². The summed E-state index contributed by atoms with van der Waals surface area (Å²) in [5, 5.41) is 27.2. The van der Waals surface area contributed by atoms with Crippen LogP contribution in [0.4, 0.5) is 8.78 Å². The number of carbonyl (C=O) groups is 2. The summed E-state index contributed by atoms with van der Waals surface area (Å²) in [5.74, 6) is -8.58. The fourth-order valence-electron chi connectivity index (χ4n) is 3.91. The molecule has 0 aliphatic heterocycles. The number of nitrogen functional groups attached to an aromatic ring is 1. The van der Waals surface area contributed by atoms with Gasteiger partial charge in [0, 0.05) is 25.2 Å². The Labute approximate surface area is 267 Å². The average Bonchev–Trinajstić information content (AvgIpc) is 3.05. The Bertz CT molecular complexity index is 1840. The molecule has 0 aliphatic rings. The average molecular weight is 653 g/mol. The highest BCUT2D eigenvalue weighted by Gasteiger charge is 2.28. The number of nitrogens with one attached hydrogen (secondary N) is 1. The number of aliphatic hydroxyl groups is 1. The predicted octanol–water partition coefficient (Wildman–Crippen LogP) is 4.97. The number of phenols is 1. The van der Waals surface area contributed by atoms with Gasteiger partial charge in [-0.15, -0.1) is 0 Å². The van der Waals surface area contributed by atoms with Crippen molar-refractivity contribution >= 4 is 17.7 Å². The second kappa shape index (κ2) is 14.4. The topological polar surface area (TPSA) is 187 Å². The van der Waals surface area contributed by atoms with Crippen molar-refractivity contribution in [3.05, 3.63) is 89.0 Å². The van der Waals surface area contributed by atoms with E-state index in [0.717, 1.165) is 12.1 Å². The molecule has 246 valence electrons. The Balaban J connectivity index is 1.81. The standard InChI is InChI=1S/C32H30F2N4O9/c1-16(15-39)44-32(42)19-9-11-22(24(14-19)43-4)46-27-25(33)29(45-20-7-5-6-18(12-20)31(41)38(2)3)37-30(26(27)34)47-23-13-17(28(35)36)8-10-21(23)40/h5-14,16,39-40H,15H2,1-4H3,(H3,35,36). The van der Waals surface area contributed by atoms with Crippen molar-refractivity contribution in [2.75, 3.05) is 27.8 Å². The second-order valence-corrected chi connectivity index (χ2v) is 10.1. The number of nitrogens with zero attached hydrogens (tertiary/aromatic N) is 2. The number of amidine groups is 1. The SMILES string of the molecule is COc1cc(C(=O)OC(C)CO)ccc1Oc1c(F)c(Oc2cccc(C(=O)N(C)C)c2)nc(Oc2cc(C(=N)N)ccc2O)c1F. The van der Waals surface area contributed by atoms with Crippen molar-refractivity contribution in [2.45, 2.75) is 13.0 Å². The molecular weight excluding hydrogens is 622 g/mol. The lowest BCUT2D eigenvalue weighted by molar-refractivity contribution is 0.0196. The number of phenolic OH excluding ortho intramolecular Hbond substituents is 1. The number of amides is 1. The van der Waals surface area contributed by atoms with Gasteiger partial charge in [-0.3, -0.25) is 10.2 Å².